The predicted molar refractivity (Wildman–Crippen MR) is 113 cm³/mol. The molecule has 0 saturated carbocycles. The highest BCUT2D eigenvalue weighted by molar-refractivity contribution is 6.38. The Morgan fingerprint density at radius 2 is 1.10 bits per heavy atom. The van der Waals surface area contributed by atoms with Crippen LogP contribution in [0.25, 0.3) is 0 Å². The number of halogens is 2. The lowest BCUT2D eigenvalue weighted by Gasteiger charge is -2.45. The van der Waals surface area contributed by atoms with Gasteiger partial charge >= 0.3 is 0 Å². The molecule has 0 radical (unpaired) electrons. The maximum atomic E-state index is 13.6. The molecule has 1 aliphatic heterocycles. The number of benzene rings is 3. The van der Waals surface area contributed by atoms with Crippen LogP contribution in [0.1, 0.15) is 34.1 Å². The number of anilines is 1. The fourth-order valence-electron chi connectivity index (χ4n) is 5.57. The van der Waals surface area contributed by atoms with Gasteiger partial charge in [-0.3, -0.25) is 9.59 Å². The molecule has 29 heavy (non-hydrogen) atoms. The van der Waals surface area contributed by atoms with E-state index < -0.39 is 11.8 Å². The summed E-state index contributed by atoms with van der Waals surface area (Å²) in [5.41, 5.74) is 4.97. The van der Waals surface area contributed by atoms with Gasteiger partial charge in [0.25, 0.3) is 0 Å². The van der Waals surface area contributed by atoms with Crippen LogP contribution in [-0.4, -0.2) is 11.8 Å². The monoisotopic (exact) mass is 419 g/mol. The van der Waals surface area contributed by atoms with Crippen LogP contribution in [-0.2, 0) is 9.59 Å². The van der Waals surface area contributed by atoms with Crippen molar-refractivity contribution < 1.29 is 9.59 Å². The van der Waals surface area contributed by atoms with Gasteiger partial charge < -0.3 is 0 Å². The molecule has 3 aliphatic carbocycles. The normalized spacial score (nSPS) is 26.3. The first kappa shape index (κ1) is 17.3. The quantitative estimate of drug-likeness (QED) is 0.495. The maximum Gasteiger partial charge on any atom is 0.238 e. The standard InChI is InChI=1S/C24H15Cl2NO2/c25-12-9-10-17(26)18(11-12)27-23(28)21-19-13-5-1-2-6-14(13)20(22(21)24(27)29)16-8-4-3-7-15(16)19/h1-11,19-22H/t19?,20?,21-,22-/m0/s1. The second-order valence-electron chi connectivity index (χ2n) is 7.87. The smallest absolute Gasteiger partial charge is 0.238 e. The molecule has 1 saturated heterocycles. The van der Waals surface area contributed by atoms with E-state index in [0.717, 1.165) is 22.3 Å². The molecule has 2 bridgehead atoms. The molecule has 5 heteroatoms. The molecule has 3 aromatic carbocycles. The van der Waals surface area contributed by atoms with Crippen LogP contribution in [0.15, 0.2) is 66.7 Å². The first-order valence-electron chi connectivity index (χ1n) is 9.58. The molecule has 3 aromatic rings. The second-order valence-corrected chi connectivity index (χ2v) is 8.72. The Bertz CT molecular complexity index is 1110. The van der Waals surface area contributed by atoms with Gasteiger partial charge in [0.1, 0.15) is 0 Å². The van der Waals surface area contributed by atoms with Gasteiger partial charge in [-0.05, 0) is 40.5 Å². The van der Waals surface area contributed by atoms with Crippen molar-refractivity contribution in [2.24, 2.45) is 11.8 Å². The van der Waals surface area contributed by atoms with Gasteiger partial charge in [-0.25, -0.2) is 4.90 Å². The number of hydrogen-bond acceptors (Lipinski definition) is 2. The highest BCUT2D eigenvalue weighted by Crippen LogP contribution is 2.61. The van der Waals surface area contributed by atoms with Crippen LogP contribution in [0.3, 0.4) is 0 Å². The average Bonchev–Trinajstić information content (AvgIpc) is 3.01. The first-order valence-corrected chi connectivity index (χ1v) is 10.3. The highest BCUT2D eigenvalue weighted by atomic mass is 35.5. The van der Waals surface area contributed by atoms with E-state index in [2.05, 4.69) is 24.3 Å². The van der Waals surface area contributed by atoms with Gasteiger partial charge in [0.2, 0.25) is 11.8 Å². The largest absolute Gasteiger partial charge is 0.274 e. The maximum absolute atomic E-state index is 13.6. The summed E-state index contributed by atoms with van der Waals surface area (Å²) in [5.74, 6) is -1.49. The molecule has 4 aliphatic rings. The zero-order valence-corrected chi connectivity index (χ0v) is 16.7. The van der Waals surface area contributed by atoms with Crippen LogP contribution in [0.4, 0.5) is 5.69 Å². The topological polar surface area (TPSA) is 37.4 Å². The van der Waals surface area contributed by atoms with Gasteiger partial charge in [-0.1, -0.05) is 71.7 Å². The third-order valence-corrected chi connectivity index (χ3v) is 7.15. The van der Waals surface area contributed by atoms with E-state index in [4.69, 9.17) is 23.2 Å². The van der Waals surface area contributed by atoms with Crippen LogP contribution in [0, 0.1) is 11.8 Å². The molecular formula is C24H15Cl2NO2. The van der Waals surface area contributed by atoms with Crippen molar-refractivity contribution in [1.82, 2.24) is 0 Å². The van der Waals surface area contributed by atoms with Crippen molar-refractivity contribution in [3.63, 3.8) is 0 Å². The summed E-state index contributed by atoms with van der Waals surface area (Å²) in [6.45, 7) is 0. The molecule has 7 rings (SSSR count). The van der Waals surface area contributed by atoms with Crippen LogP contribution >= 0.6 is 23.2 Å². The summed E-state index contributed by atoms with van der Waals surface area (Å²) in [5, 5.41) is 0.784. The Balaban J connectivity index is 1.58. The summed E-state index contributed by atoms with van der Waals surface area (Å²) in [4.78, 5) is 28.5. The van der Waals surface area contributed by atoms with Gasteiger partial charge in [0.05, 0.1) is 22.5 Å². The zero-order valence-electron chi connectivity index (χ0n) is 15.2. The molecule has 2 amide bonds. The lowest BCUT2D eigenvalue weighted by molar-refractivity contribution is -0.122. The van der Waals surface area contributed by atoms with Crippen molar-refractivity contribution in [2.75, 3.05) is 4.90 Å². The summed E-state index contributed by atoms with van der Waals surface area (Å²) in [6, 6.07) is 21.2. The molecule has 1 fully saturated rings. The second kappa shape index (κ2) is 5.94. The molecule has 0 unspecified atom stereocenters. The average molecular weight is 420 g/mol. The van der Waals surface area contributed by atoms with E-state index in [-0.39, 0.29) is 23.7 Å². The molecule has 3 nitrogen and oxygen atoms in total. The van der Waals surface area contributed by atoms with E-state index in [9.17, 15) is 9.59 Å². The number of rotatable bonds is 1. The third kappa shape index (κ3) is 2.15. The number of hydrogen-bond donors (Lipinski definition) is 0. The van der Waals surface area contributed by atoms with Crippen molar-refractivity contribution in [3.8, 4) is 0 Å². The molecule has 0 aromatic heterocycles. The molecule has 1 heterocycles. The summed E-state index contributed by atoms with van der Waals surface area (Å²) < 4.78 is 0. The van der Waals surface area contributed by atoms with Crippen molar-refractivity contribution in [2.45, 2.75) is 11.8 Å². The van der Waals surface area contributed by atoms with Crippen LogP contribution < -0.4 is 4.90 Å². The fraction of sp³-hybridized carbons (Fsp3) is 0.167. The third-order valence-electron chi connectivity index (χ3n) is 6.60. The summed E-state index contributed by atoms with van der Waals surface area (Å²) >= 11 is 12.5. The Morgan fingerprint density at radius 1 is 0.655 bits per heavy atom. The Kier molecular flexibility index (Phi) is 3.54. The van der Waals surface area contributed by atoms with E-state index >= 15 is 0 Å². The lowest BCUT2D eigenvalue weighted by atomic mass is 9.55. The molecule has 0 N–H and O–H groups in total. The van der Waals surface area contributed by atoms with E-state index in [0.29, 0.717) is 15.7 Å². The first-order chi connectivity index (χ1) is 14.1. The van der Waals surface area contributed by atoms with Crippen molar-refractivity contribution in [1.29, 1.82) is 0 Å². The minimum Gasteiger partial charge on any atom is -0.274 e. The van der Waals surface area contributed by atoms with Gasteiger partial charge in [-0.15, -0.1) is 0 Å². The number of nitrogens with zero attached hydrogens (tertiary/aromatic N) is 1. The van der Waals surface area contributed by atoms with Gasteiger partial charge in [0.15, 0.2) is 0 Å². The Labute approximate surface area is 177 Å². The highest BCUT2D eigenvalue weighted by Gasteiger charge is 2.61. The van der Waals surface area contributed by atoms with E-state index in [1.54, 1.807) is 18.2 Å². The lowest BCUT2D eigenvalue weighted by Crippen LogP contribution is -2.41. The predicted octanol–water partition coefficient (Wildman–Crippen LogP) is 5.39. The van der Waals surface area contributed by atoms with Crippen molar-refractivity contribution >= 4 is 40.7 Å². The molecule has 142 valence electrons. The van der Waals surface area contributed by atoms with Crippen molar-refractivity contribution in [3.05, 3.63) is 99.0 Å². The Hall–Kier alpha value is -2.62. The summed E-state index contributed by atoms with van der Waals surface area (Å²) in [7, 11) is 0. The molecule has 0 spiro atoms. The number of amides is 2. The molecular weight excluding hydrogens is 405 g/mol. The Morgan fingerprint density at radius 3 is 1.55 bits per heavy atom. The number of carbonyl (C=O) groups excluding carboxylic acids is 2. The van der Waals surface area contributed by atoms with Crippen LogP contribution in [0.5, 0.6) is 0 Å². The van der Waals surface area contributed by atoms with E-state index in [1.165, 1.54) is 4.90 Å². The van der Waals surface area contributed by atoms with Gasteiger partial charge in [-0.2, -0.15) is 0 Å². The minimum atomic E-state index is -0.424. The SMILES string of the molecule is O=C1[C@H]2C3c4ccccc4C(c4ccccc43)[C@@H]2C(=O)N1c1cc(Cl)ccc1Cl. The number of imide groups is 1. The molecule has 2 atom stereocenters. The van der Waals surface area contributed by atoms with E-state index in [1.807, 2.05) is 24.3 Å². The number of carbonyl (C=O) groups is 2. The minimum absolute atomic E-state index is 0.128. The summed E-state index contributed by atoms with van der Waals surface area (Å²) in [6.07, 6.45) is 0. The van der Waals surface area contributed by atoms with Crippen LogP contribution in [0.2, 0.25) is 10.0 Å². The fourth-order valence-corrected chi connectivity index (χ4v) is 5.94. The van der Waals surface area contributed by atoms with Gasteiger partial charge in [0, 0.05) is 16.9 Å². The zero-order chi connectivity index (χ0) is 19.9.